The standard InChI is InChI=1S/C11H23N3O2/c1-5-6-11(4,13)9(16)14-7-10(2,3)8(12)15/h5-7,13H2,1-4H3,(H2,12,15)(H,14,16). The Morgan fingerprint density at radius 2 is 1.75 bits per heavy atom. The molecule has 94 valence electrons. The first-order valence-electron chi connectivity index (χ1n) is 5.50. The van der Waals surface area contributed by atoms with Crippen molar-refractivity contribution >= 4 is 11.8 Å². The Balaban J connectivity index is 4.33. The van der Waals surface area contributed by atoms with Crippen LogP contribution in [0, 0.1) is 5.41 Å². The third kappa shape index (κ3) is 4.18. The zero-order valence-corrected chi connectivity index (χ0v) is 10.6. The molecule has 1 unspecified atom stereocenters. The van der Waals surface area contributed by atoms with Gasteiger partial charge < -0.3 is 16.8 Å². The van der Waals surface area contributed by atoms with Crippen LogP contribution in [0.5, 0.6) is 0 Å². The fourth-order valence-corrected chi connectivity index (χ4v) is 1.22. The van der Waals surface area contributed by atoms with Crippen LogP contribution in [0.3, 0.4) is 0 Å². The molecule has 0 aromatic rings. The van der Waals surface area contributed by atoms with E-state index in [1.807, 2.05) is 6.92 Å². The molecule has 5 N–H and O–H groups in total. The Hall–Kier alpha value is -1.10. The molecule has 1 atom stereocenters. The van der Waals surface area contributed by atoms with E-state index >= 15 is 0 Å². The molecular weight excluding hydrogens is 206 g/mol. The molecular formula is C11H23N3O2. The second kappa shape index (κ2) is 5.30. The second-order valence-corrected chi connectivity index (χ2v) is 5.10. The third-order valence-corrected chi connectivity index (χ3v) is 2.65. The van der Waals surface area contributed by atoms with E-state index in [9.17, 15) is 9.59 Å². The summed E-state index contributed by atoms with van der Waals surface area (Å²) in [4.78, 5) is 22.8. The second-order valence-electron chi connectivity index (χ2n) is 5.10. The van der Waals surface area contributed by atoms with E-state index in [1.165, 1.54) is 0 Å². The molecule has 0 aliphatic carbocycles. The fraction of sp³-hybridized carbons (Fsp3) is 0.818. The van der Waals surface area contributed by atoms with Crippen molar-refractivity contribution < 1.29 is 9.59 Å². The number of nitrogens with one attached hydrogen (secondary N) is 1. The maximum absolute atomic E-state index is 11.7. The maximum Gasteiger partial charge on any atom is 0.239 e. The summed E-state index contributed by atoms with van der Waals surface area (Å²) >= 11 is 0. The molecule has 0 aromatic carbocycles. The van der Waals surface area contributed by atoms with Crippen LogP contribution in [0.2, 0.25) is 0 Å². The lowest BCUT2D eigenvalue weighted by molar-refractivity contribution is -0.129. The van der Waals surface area contributed by atoms with E-state index in [0.29, 0.717) is 6.42 Å². The SMILES string of the molecule is CCCC(C)(N)C(=O)NCC(C)(C)C(N)=O. The van der Waals surface area contributed by atoms with Crippen LogP contribution in [0.25, 0.3) is 0 Å². The number of rotatable bonds is 6. The molecule has 0 bridgehead atoms. The van der Waals surface area contributed by atoms with Crippen LogP contribution in [0.1, 0.15) is 40.5 Å². The molecule has 0 aliphatic rings. The van der Waals surface area contributed by atoms with Crippen molar-refractivity contribution in [2.75, 3.05) is 6.54 Å². The minimum Gasteiger partial charge on any atom is -0.369 e. The zero-order valence-electron chi connectivity index (χ0n) is 10.6. The quantitative estimate of drug-likeness (QED) is 0.604. The number of primary amides is 1. The highest BCUT2D eigenvalue weighted by atomic mass is 16.2. The van der Waals surface area contributed by atoms with Gasteiger partial charge in [-0.3, -0.25) is 9.59 Å². The van der Waals surface area contributed by atoms with Gasteiger partial charge >= 0.3 is 0 Å². The highest BCUT2D eigenvalue weighted by Crippen LogP contribution is 2.14. The van der Waals surface area contributed by atoms with E-state index in [0.717, 1.165) is 6.42 Å². The van der Waals surface area contributed by atoms with Crippen molar-refractivity contribution in [2.45, 2.75) is 46.1 Å². The van der Waals surface area contributed by atoms with Gasteiger partial charge in [-0.15, -0.1) is 0 Å². The van der Waals surface area contributed by atoms with Gasteiger partial charge in [0.2, 0.25) is 11.8 Å². The summed E-state index contributed by atoms with van der Waals surface area (Å²) in [5.74, 6) is -0.689. The highest BCUT2D eigenvalue weighted by Gasteiger charge is 2.30. The Kier molecular flexibility index (Phi) is 4.93. The lowest BCUT2D eigenvalue weighted by Crippen LogP contribution is -2.54. The molecule has 5 heteroatoms. The predicted molar refractivity (Wildman–Crippen MR) is 63.5 cm³/mol. The molecule has 0 rings (SSSR count). The van der Waals surface area contributed by atoms with E-state index in [1.54, 1.807) is 20.8 Å². The fourth-order valence-electron chi connectivity index (χ4n) is 1.22. The van der Waals surface area contributed by atoms with Crippen molar-refractivity contribution in [3.05, 3.63) is 0 Å². The molecule has 0 spiro atoms. The highest BCUT2D eigenvalue weighted by molar-refractivity contribution is 5.86. The summed E-state index contributed by atoms with van der Waals surface area (Å²) in [5.41, 5.74) is 9.41. The molecule has 0 fully saturated rings. The molecule has 2 amide bonds. The lowest BCUT2D eigenvalue weighted by Gasteiger charge is -2.26. The Morgan fingerprint density at radius 3 is 2.12 bits per heavy atom. The van der Waals surface area contributed by atoms with Gasteiger partial charge in [-0.1, -0.05) is 13.3 Å². The molecule has 0 radical (unpaired) electrons. The topological polar surface area (TPSA) is 98.2 Å². The maximum atomic E-state index is 11.7. The summed E-state index contributed by atoms with van der Waals surface area (Å²) < 4.78 is 0. The number of nitrogens with two attached hydrogens (primary N) is 2. The summed E-state index contributed by atoms with van der Waals surface area (Å²) in [6.45, 7) is 7.22. The summed E-state index contributed by atoms with van der Waals surface area (Å²) in [6, 6.07) is 0. The molecule has 0 saturated carbocycles. The normalized spacial score (nSPS) is 15.3. The minimum absolute atomic E-state index is 0.206. The van der Waals surface area contributed by atoms with Crippen molar-refractivity contribution in [1.82, 2.24) is 5.32 Å². The van der Waals surface area contributed by atoms with E-state index in [4.69, 9.17) is 11.5 Å². The van der Waals surface area contributed by atoms with Gasteiger partial charge in [0.25, 0.3) is 0 Å². The smallest absolute Gasteiger partial charge is 0.239 e. The molecule has 0 aromatic heterocycles. The number of amides is 2. The van der Waals surface area contributed by atoms with Gasteiger partial charge in [-0.05, 0) is 27.2 Å². The minimum atomic E-state index is -0.886. The predicted octanol–water partition coefficient (Wildman–Crippen LogP) is 0.132. The van der Waals surface area contributed by atoms with Crippen LogP contribution in [0.4, 0.5) is 0 Å². The largest absolute Gasteiger partial charge is 0.369 e. The number of hydrogen-bond acceptors (Lipinski definition) is 3. The van der Waals surface area contributed by atoms with Crippen LogP contribution in [-0.2, 0) is 9.59 Å². The van der Waals surface area contributed by atoms with E-state index in [-0.39, 0.29) is 12.5 Å². The van der Waals surface area contributed by atoms with Gasteiger partial charge in [0, 0.05) is 6.54 Å². The molecule has 0 saturated heterocycles. The number of hydrogen-bond donors (Lipinski definition) is 3. The summed E-state index contributed by atoms with van der Waals surface area (Å²) in [6.07, 6.45) is 1.44. The first-order chi connectivity index (χ1) is 7.13. The van der Waals surface area contributed by atoms with Crippen molar-refractivity contribution in [3.8, 4) is 0 Å². The molecule has 0 aliphatic heterocycles. The summed E-state index contributed by atoms with van der Waals surface area (Å²) in [5, 5.41) is 2.66. The van der Waals surface area contributed by atoms with Crippen molar-refractivity contribution in [1.29, 1.82) is 0 Å². The van der Waals surface area contributed by atoms with Gasteiger partial charge in [0.15, 0.2) is 0 Å². The van der Waals surface area contributed by atoms with Crippen LogP contribution < -0.4 is 16.8 Å². The van der Waals surface area contributed by atoms with Crippen molar-refractivity contribution in [2.24, 2.45) is 16.9 Å². The van der Waals surface area contributed by atoms with Gasteiger partial charge in [0.05, 0.1) is 11.0 Å². The van der Waals surface area contributed by atoms with Crippen molar-refractivity contribution in [3.63, 3.8) is 0 Å². The molecule has 0 heterocycles. The van der Waals surface area contributed by atoms with Gasteiger partial charge in [-0.25, -0.2) is 0 Å². The van der Waals surface area contributed by atoms with E-state index < -0.39 is 16.9 Å². The first kappa shape index (κ1) is 14.9. The molecule has 16 heavy (non-hydrogen) atoms. The Labute approximate surface area is 96.9 Å². The average molecular weight is 229 g/mol. The molecule has 5 nitrogen and oxygen atoms in total. The monoisotopic (exact) mass is 229 g/mol. The van der Waals surface area contributed by atoms with Crippen LogP contribution >= 0.6 is 0 Å². The summed E-state index contributed by atoms with van der Waals surface area (Å²) in [7, 11) is 0. The Morgan fingerprint density at radius 1 is 1.25 bits per heavy atom. The van der Waals surface area contributed by atoms with Crippen LogP contribution in [-0.4, -0.2) is 23.9 Å². The van der Waals surface area contributed by atoms with Crippen LogP contribution in [0.15, 0.2) is 0 Å². The average Bonchev–Trinajstić information content (AvgIpc) is 2.13. The number of carbonyl (C=O) groups excluding carboxylic acids is 2. The first-order valence-corrected chi connectivity index (χ1v) is 5.50. The van der Waals surface area contributed by atoms with Gasteiger partial charge in [-0.2, -0.15) is 0 Å². The van der Waals surface area contributed by atoms with Gasteiger partial charge in [0.1, 0.15) is 0 Å². The Bertz CT molecular complexity index is 272. The lowest BCUT2D eigenvalue weighted by atomic mass is 9.91. The zero-order chi connectivity index (χ0) is 13.0. The third-order valence-electron chi connectivity index (χ3n) is 2.65. The van der Waals surface area contributed by atoms with E-state index in [2.05, 4.69) is 5.32 Å². The number of carbonyl (C=O) groups is 2.